The first-order valence-corrected chi connectivity index (χ1v) is 4.07. The molecule has 0 aliphatic rings. The summed E-state index contributed by atoms with van der Waals surface area (Å²) in [4.78, 5) is 15.3. The Morgan fingerprint density at radius 1 is 1.77 bits per heavy atom. The van der Waals surface area contributed by atoms with Gasteiger partial charge in [0.1, 0.15) is 5.69 Å². The number of nitrogens with one attached hydrogen (secondary N) is 1. The first kappa shape index (κ1) is 9.57. The number of carbonyl (C=O) groups is 1. The van der Waals surface area contributed by atoms with E-state index in [1.807, 2.05) is 0 Å². The highest BCUT2D eigenvalue weighted by Gasteiger charge is 2.13. The largest absolute Gasteiger partial charge is 0.461 e. The third-order valence-electron chi connectivity index (χ3n) is 1.70. The fourth-order valence-corrected chi connectivity index (χ4v) is 1.04. The molecule has 0 saturated carbocycles. The lowest BCUT2D eigenvalue weighted by molar-refractivity contribution is 0.0515. The minimum absolute atomic E-state index is 0.348. The number of ether oxygens (including phenoxy) is 1. The topological polar surface area (TPSA) is 56.1 Å². The minimum atomic E-state index is -0.348. The molecule has 13 heavy (non-hydrogen) atoms. The second-order valence-corrected chi connectivity index (χ2v) is 2.50. The first-order valence-electron chi connectivity index (χ1n) is 4.07. The summed E-state index contributed by atoms with van der Waals surface area (Å²) in [6.45, 7) is 2.14. The number of hydrogen-bond donors (Lipinski definition) is 1. The number of nitrogens with zero attached hydrogens (tertiary/aromatic N) is 2. The summed E-state index contributed by atoms with van der Waals surface area (Å²) in [6.07, 6.45) is 1.49. The van der Waals surface area contributed by atoms with Crippen molar-refractivity contribution in [1.82, 2.24) is 9.55 Å². The SMILES string of the molecule is CCOC(=O)c1cnc(NC)n1C. The molecule has 5 heteroatoms. The normalized spacial score (nSPS) is 9.77. The fraction of sp³-hybridized carbons (Fsp3) is 0.500. The van der Waals surface area contributed by atoms with Crippen LogP contribution in [0.5, 0.6) is 0 Å². The lowest BCUT2D eigenvalue weighted by atomic mass is 10.5. The van der Waals surface area contributed by atoms with E-state index >= 15 is 0 Å². The molecule has 1 N–H and O–H groups in total. The number of imidazole rings is 1. The fourth-order valence-electron chi connectivity index (χ4n) is 1.04. The Bertz CT molecular complexity index is 306. The van der Waals surface area contributed by atoms with E-state index in [1.54, 1.807) is 25.6 Å². The Labute approximate surface area is 76.7 Å². The maximum absolute atomic E-state index is 11.3. The van der Waals surface area contributed by atoms with Crippen LogP contribution in [0.25, 0.3) is 0 Å². The Morgan fingerprint density at radius 2 is 2.46 bits per heavy atom. The Morgan fingerprint density at radius 3 is 2.92 bits per heavy atom. The molecule has 0 atom stereocenters. The van der Waals surface area contributed by atoms with Crippen molar-refractivity contribution >= 4 is 11.9 Å². The summed E-state index contributed by atoms with van der Waals surface area (Å²) in [5.41, 5.74) is 0.450. The molecule has 1 aromatic heterocycles. The van der Waals surface area contributed by atoms with Gasteiger partial charge in [-0.05, 0) is 6.92 Å². The lowest BCUT2D eigenvalue weighted by Crippen LogP contribution is -2.10. The van der Waals surface area contributed by atoms with Crippen LogP contribution in [0.1, 0.15) is 17.4 Å². The molecule has 72 valence electrons. The van der Waals surface area contributed by atoms with Crippen molar-refractivity contribution in [3.05, 3.63) is 11.9 Å². The molecule has 0 unspecified atom stereocenters. The molecule has 0 spiro atoms. The summed E-state index contributed by atoms with van der Waals surface area (Å²) >= 11 is 0. The van der Waals surface area contributed by atoms with E-state index in [1.165, 1.54) is 6.20 Å². The summed E-state index contributed by atoms with van der Waals surface area (Å²) in [5, 5.41) is 2.86. The maximum atomic E-state index is 11.3. The number of anilines is 1. The predicted octanol–water partition coefficient (Wildman–Crippen LogP) is 0.638. The van der Waals surface area contributed by atoms with E-state index in [2.05, 4.69) is 10.3 Å². The smallest absolute Gasteiger partial charge is 0.356 e. The van der Waals surface area contributed by atoms with Crippen molar-refractivity contribution in [2.75, 3.05) is 19.0 Å². The van der Waals surface area contributed by atoms with Gasteiger partial charge >= 0.3 is 5.97 Å². The number of rotatable bonds is 3. The maximum Gasteiger partial charge on any atom is 0.356 e. The molecule has 0 saturated heterocycles. The van der Waals surface area contributed by atoms with Gasteiger partial charge in [-0.15, -0.1) is 0 Å². The number of esters is 1. The highest BCUT2D eigenvalue weighted by Crippen LogP contribution is 2.08. The van der Waals surface area contributed by atoms with E-state index in [-0.39, 0.29) is 5.97 Å². The van der Waals surface area contributed by atoms with Crippen LogP contribution in [-0.4, -0.2) is 29.2 Å². The molecule has 1 aromatic rings. The van der Waals surface area contributed by atoms with Crippen LogP contribution in [0.15, 0.2) is 6.20 Å². The molecule has 5 nitrogen and oxygen atoms in total. The monoisotopic (exact) mass is 183 g/mol. The first-order chi connectivity index (χ1) is 6.20. The summed E-state index contributed by atoms with van der Waals surface area (Å²) in [7, 11) is 3.50. The minimum Gasteiger partial charge on any atom is -0.461 e. The molecule has 0 aliphatic carbocycles. The summed E-state index contributed by atoms with van der Waals surface area (Å²) in [6, 6.07) is 0. The highest BCUT2D eigenvalue weighted by molar-refractivity contribution is 5.87. The van der Waals surface area contributed by atoms with E-state index in [0.717, 1.165) is 0 Å². The molecule has 1 heterocycles. The molecule has 0 radical (unpaired) electrons. The van der Waals surface area contributed by atoms with Gasteiger partial charge in [-0.25, -0.2) is 9.78 Å². The average Bonchev–Trinajstić information content (AvgIpc) is 2.47. The van der Waals surface area contributed by atoms with Crippen LogP contribution in [0.4, 0.5) is 5.95 Å². The molecular weight excluding hydrogens is 170 g/mol. The summed E-state index contributed by atoms with van der Waals surface area (Å²) in [5.74, 6) is 0.294. The van der Waals surface area contributed by atoms with Crippen LogP contribution < -0.4 is 5.32 Å². The van der Waals surface area contributed by atoms with Gasteiger partial charge in [-0.2, -0.15) is 0 Å². The van der Waals surface area contributed by atoms with Gasteiger partial charge in [0, 0.05) is 14.1 Å². The van der Waals surface area contributed by atoms with Crippen LogP contribution in [0.2, 0.25) is 0 Å². The van der Waals surface area contributed by atoms with Crippen molar-refractivity contribution in [3.63, 3.8) is 0 Å². The zero-order valence-corrected chi connectivity index (χ0v) is 8.00. The van der Waals surface area contributed by atoms with Gasteiger partial charge < -0.3 is 14.6 Å². The third-order valence-corrected chi connectivity index (χ3v) is 1.70. The molecule has 0 fully saturated rings. The van der Waals surface area contributed by atoms with Crippen LogP contribution in [0, 0.1) is 0 Å². The van der Waals surface area contributed by atoms with Gasteiger partial charge in [0.25, 0.3) is 0 Å². The van der Waals surface area contributed by atoms with Crippen LogP contribution in [-0.2, 0) is 11.8 Å². The van der Waals surface area contributed by atoms with E-state index in [9.17, 15) is 4.79 Å². The molecular formula is C8H13N3O2. The molecule has 0 aromatic carbocycles. The molecule has 1 rings (SSSR count). The van der Waals surface area contributed by atoms with Crippen molar-refractivity contribution in [3.8, 4) is 0 Å². The van der Waals surface area contributed by atoms with Gasteiger partial charge in [0.05, 0.1) is 12.8 Å². The third kappa shape index (κ3) is 1.80. The summed E-state index contributed by atoms with van der Waals surface area (Å²) < 4.78 is 6.49. The van der Waals surface area contributed by atoms with Crippen molar-refractivity contribution in [1.29, 1.82) is 0 Å². The second-order valence-electron chi connectivity index (χ2n) is 2.50. The van der Waals surface area contributed by atoms with E-state index < -0.39 is 0 Å². The van der Waals surface area contributed by atoms with Gasteiger partial charge in [0.15, 0.2) is 0 Å². The highest BCUT2D eigenvalue weighted by atomic mass is 16.5. The van der Waals surface area contributed by atoms with Crippen molar-refractivity contribution in [2.45, 2.75) is 6.92 Å². The Balaban J connectivity index is 2.89. The Hall–Kier alpha value is -1.52. The lowest BCUT2D eigenvalue weighted by Gasteiger charge is -2.03. The Kier molecular flexibility index (Phi) is 2.89. The molecule has 0 amide bonds. The van der Waals surface area contributed by atoms with Gasteiger partial charge in [0.2, 0.25) is 5.95 Å². The predicted molar refractivity (Wildman–Crippen MR) is 48.7 cm³/mol. The quantitative estimate of drug-likeness (QED) is 0.698. The molecule has 0 aliphatic heterocycles. The van der Waals surface area contributed by atoms with Crippen molar-refractivity contribution in [2.24, 2.45) is 7.05 Å². The number of aromatic nitrogens is 2. The van der Waals surface area contributed by atoms with Crippen LogP contribution >= 0.6 is 0 Å². The van der Waals surface area contributed by atoms with E-state index in [0.29, 0.717) is 18.2 Å². The molecule has 0 bridgehead atoms. The average molecular weight is 183 g/mol. The standard InChI is InChI=1S/C8H13N3O2/c1-4-13-7(12)6-5-10-8(9-2)11(6)3/h5H,4H2,1-3H3,(H,9,10). The van der Waals surface area contributed by atoms with Gasteiger partial charge in [-0.3, -0.25) is 0 Å². The number of carbonyl (C=O) groups excluding carboxylic acids is 1. The van der Waals surface area contributed by atoms with Crippen LogP contribution in [0.3, 0.4) is 0 Å². The van der Waals surface area contributed by atoms with Crippen molar-refractivity contribution < 1.29 is 9.53 Å². The zero-order chi connectivity index (χ0) is 9.84. The number of hydrogen-bond acceptors (Lipinski definition) is 4. The second kappa shape index (κ2) is 3.93. The zero-order valence-electron chi connectivity index (χ0n) is 8.00. The van der Waals surface area contributed by atoms with E-state index in [4.69, 9.17) is 4.74 Å². The van der Waals surface area contributed by atoms with Gasteiger partial charge in [-0.1, -0.05) is 0 Å².